The van der Waals surface area contributed by atoms with Crippen LogP contribution in [0.2, 0.25) is 0 Å². The Morgan fingerprint density at radius 2 is 1.83 bits per heavy atom. The van der Waals surface area contributed by atoms with Crippen LogP contribution in [0.4, 0.5) is 0 Å². The summed E-state index contributed by atoms with van der Waals surface area (Å²) in [6.07, 6.45) is 10.9. The summed E-state index contributed by atoms with van der Waals surface area (Å²) in [5.74, 6) is 0.698. The number of hydrogen-bond donors (Lipinski definition) is 2. The quantitative estimate of drug-likeness (QED) is 0.756. The highest BCUT2D eigenvalue weighted by molar-refractivity contribution is 5.91. The molecule has 130 valence electrons. The van der Waals surface area contributed by atoms with E-state index in [-0.39, 0.29) is 17.9 Å². The summed E-state index contributed by atoms with van der Waals surface area (Å²) < 4.78 is 5.68. The topological polar surface area (TPSA) is 67.4 Å². The number of nitrogens with one attached hydrogen (secondary N) is 2. The zero-order valence-electron chi connectivity index (χ0n) is 14.1. The summed E-state index contributed by atoms with van der Waals surface area (Å²) in [5, 5.41) is 6.13. The van der Waals surface area contributed by atoms with Crippen molar-refractivity contribution in [2.24, 2.45) is 5.92 Å². The predicted molar refractivity (Wildman–Crippen MR) is 87.9 cm³/mol. The van der Waals surface area contributed by atoms with Crippen LogP contribution in [0.15, 0.2) is 0 Å². The molecule has 0 bridgehead atoms. The SMILES string of the molecule is O=C(CCC1CCCCO1)NC1(C(=O)NCC2CC2)CCCC1. The molecule has 2 aliphatic carbocycles. The molecule has 1 saturated heterocycles. The Bertz CT molecular complexity index is 422. The van der Waals surface area contributed by atoms with Gasteiger partial charge < -0.3 is 15.4 Å². The number of amides is 2. The van der Waals surface area contributed by atoms with Gasteiger partial charge in [-0.25, -0.2) is 0 Å². The van der Waals surface area contributed by atoms with Gasteiger partial charge in [0.25, 0.3) is 0 Å². The van der Waals surface area contributed by atoms with Gasteiger partial charge in [-0.05, 0) is 57.3 Å². The smallest absolute Gasteiger partial charge is 0.245 e. The van der Waals surface area contributed by atoms with Gasteiger partial charge in [0.1, 0.15) is 5.54 Å². The van der Waals surface area contributed by atoms with Gasteiger partial charge in [-0.3, -0.25) is 9.59 Å². The van der Waals surface area contributed by atoms with Crippen LogP contribution in [0.1, 0.15) is 70.6 Å². The molecule has 3 rings (SSSR count). The molecule has 5 heteroatoms. The molecule has 1 unspecified atom stereocenters. The molecular formula is C18H30N2O3. The highest BCUT2D eigenvalue weighted by Crippen LogP contribution is 2.32. The van der Waals surface area contributed by atoms with E-state index in [9.17, 15) is 9.59 Å². The average Bonchev–Trinajstić information content (AvgIpc) is 3.29. The molecule has 2 amide bonds. The molecule has 2 saturated carbocycles. The zero-order chi connectivity index (χ0) is 16.1. The fourth-order valence-electron chi connectivity index (χ4n) is 3.77. The van der Waals surface area contributed by atoms with Crippen LogP contribution >= 0.6 is 0 Å². The lowest BCUT2D eigenvalue weighted by molar-refractivity contribution is -0.134. The van der Waals surface area contributed by atoms with Gasteiger partial charge >= 0.3 is 0 Å². The lowest BCUT2D eigenvalue weighted by Gasteiger charge is -2.29. The molecule has 0 radical (unpaired) electrons. The summed E-state index contributed by atoms with van der Waals surface area (Å²) in [4.78, 5) is 24.9. The summed E-state index contributed by atoms with van der Waals surface area (Å²) in [7, 11) is 0. The average molecular weight is 322 g/mol. The van der Waals surface area contributed by atoms with Crippen LogP contribution in [0.25, 0.3) is 0 Å². The first-order valence-electron chi connectivity index (χ1n) is 9.39. The molecule has 0 aromatic rings. The minimum Gasteiger partial charge on any atom is -0.378 e. The summed E-state index contributed by atoms with van der Waals surface area (Å²) >= 11 is 0. The molecule has 0 aromatic heterocycles. The third kappa shape index (κ3) is 4.69. The van der Waals surface area contributed by atoms with Crippen molar-refractivity contribution in [3.05, 3.63) is 0 Å². The second kappa shape index (κ2) is 7.65. The molecular weight excluding hydrogens is 292 g/mol. The third-order valence-corrected chi connectivity index (χ3v) is 5.49. The van der Waals surface area contributed by atoms with E-state index in [1.165, 1.54) is 19.3 Å². The molecule has 23 heavy (non-hydrogen) atoms. The first kappa shape index (κ1) is 16.7. The van der Waals surface area contributed by atoms with E-state index in [0.29, 0.717) is 12.3 Å². The van der Waals surface area contributed by atoms with Crippen LogP contribution in [-0.4, -0.2) is 36.6 Å². The Hall–Kier alpha value is -1.10. The first-order chi connectivity index (χ1) is 11.2. The lowest BCUT2D eigenvalue weighted by atomic mass is 9.95. The van der Waals surface area contributed by atoms with Gasteiger partial charge in [0.05, 0.1) is 6.10 Å². The molecule has 1 aliphatic heterocycles. The van der Waals surface area contributed by atoms with Crippen LogP contribution in [-0.2, 0) is 14.3 Å². The monoisotopic (exact) mass is 322 g/mol. The summed E-state index contributed by atoms with van der Waals surface area (Å²) in [6.45, 7) is 1.59. The molecule has 0 spiro atoms. The summed E-state index contributed by atoms with van der Waals surface area (Å²) in [5.41, 5.74) is -0.653. The zero-order valence-corrected chi connectivity index (χ0v) is 14.1. The van der Waals surface area contributed by atoms with Crippen LogP contribution in [0, 0.1) is 5.92 Å². The van der Waals surface area contributed by atoms with E-state index < -0.39 is 5.54 Å². The standard InChI is InChI=1S/C18H30N2O3/c21-16(9-8-15-5-1-4-12-23-15)20-18(10-2-3-11-18)17(22)19-13-14-6-7-14/h14-15H,1-13H2,(H,19,22)(H,20,21). The second-order valence-electron chi connectivity index (χ2n) is 7.52. The van der Waals surface area contributed by atoms with Gasteiger partial charge in [0, 0.05) is 19.6 Å². The first-order valence-corrected chi connectivity index (χ1v) is 9.39. The maximum absolute atomic E-state index is 12.6. The highest BCUT2D eigenvalue weighted by atomic mass is 16.5. The number of carbonyl (C=O) groups excluding carboxylic acids is 2. The number of hydrogen-bond acceptors (Lipinski definition) is 3. The van der Waals surface area contributed by atoms with E-state index in [2.05, 4.69) is 10.6 Å². The number of ether oxygens (including phenoxy) is 1. The summed E-state index contributed by atoms with van der Waals surface area (Å²) in [6, 6.07) is 0. The van der Waals surface area contributed by atoms with Crippen molar-refractivity contribution in [2.45, 2.75) is 82.3 Å². The Morgan fingerprint density at radius 1 is 1.04 bits per heavy atom. The van der Waals surface area contributed by atoms with E-state index >= 15 is 0 Å². The Labute approximate surface area is 138 Å². The van der Waals surface area contributed by atoms with Gasteiger partial charge in [-0.1, -0.05) is 12.8 Å². The van der Waals surface area contributed by atoms with E-state index in [1.54, 1.807) is 0 Å². The van der Waals surface area contributed by atoms with Crippen molar-refractivity contribution in [3.63, 3.8) is 0 Å². The van der Waals surface area contributed by atoms with Crippen molar-refractivity contribution >= 4 is 11.8 Å². The molecule has 2 N–H and O–H groups in total. The molecule has 1 atom stereocenters. The van der Waals surface area contributed by atoms with Crippen molar-refractivity contribution in [1.82, 2.24) is 10.6 Å². The maximum Gasteiger partial charge on any atom is 0.245 e. The van der Waals surface area contributed by atoms with Gasteiger partial charge in [-0.15, -0.1) is 0 Å². The normalized spacial score (nSPS) is 26.7. The Morgan fingerprint density at radius 3 is 2.48 bits per heavy atom. The van der Waals surface area contributed by atoms with Gasteiger partial charge in [-0.2, -0.15) is 0 Å². The van der Waals surface area contributed by atoms with Crippen LogP contribution < -0.4 is 10.6 Å². The van der Waals surface area contributed by atoms with Crippen molar-refractivity contribution in [2.75, 3.05) is 13.2 Å². The molecule has 3 aliphatic rings. The predicted octanol–water partition coefficient (Wildman–Crippen LogP) is 2.29. The van der Waals surface area contributed by atoms with Gasteiger partial charge in [0.2, 0.25) is 11.8 Å². The second-order valence-corrected chi connectivity index (χ2v) is 7.52. The van der Waals surface area contributed by atoms with Gasteiger partial charge in [0.15, 0.2) is 0 Å². The van der Waals surface area contributed by atoms with E-state index in [0.717, 1.165) is 58.1 Å². The van der Waals surface area contributed by atoms with E-state index in [4.69, 9.17) is 4.74 Å². The van der Waals surface area contributed by atoms with Crippen molar-refractivity contribution in [1.29, 1.82) is 0 Å². The fourth-order valence-corrected chi connectivity index (χ4v) is 3.77. The molecule has 5 nitrogen and oxygen atoms in total. The highest BCUT2D eigenvalue weighted by Gasteiger charge is 2.42. The molecule has 0 aromatic carbocycles. The fraction of sp³-hybridized carbons (Fsp3) is 0.889. The number of rotatable bonds is 7. The molecule has 3 fully saturated rings. The van der Waals surface area contributed by atoms with Crippen molar-refractivity contribution in [3.8, 4) is 0 Å². The van der Waals surface area contributed by atoms with Crippen LogP contribution in [0.3, 0.4) is 0 Å². The van der Waals surface area contributed by atoms with Crippen LogP contribution in [0.5, 0.6) is 0 Å². The Kier molecular flexibility index (Phi) is 5.57. The number of carbonyl (C=O) groups is 2. The van der Waals surface area contributed by atoms with E-state index in [1.807, 2.05) is 0 Å². The largest absolute Gasteiger partial charge is 0.378 e. The maximum atomic E-state index is 12.6. The lowest BCUT2D eigenvalue weighted by Crippen LogP contribution is -2.57. The van der Waals surface area contributed by atoms with Crippen molar-refractivity contribution < 1.29 is 14.3 Å². The molecule has 1 heterocycles. The minimum absolute atomic E-state index is 0.00245. The third-order valence-electron chi connectivity index (χ3n) is 5.49. The minimum atomic E-state index is -0.653. The Balaban J connectivity index is 1.47.